The minimum absolute atomic E-state index is 0.0467. The van der Waals surface area contributed by atoms with E-state index in [2.05, 4.69) is 9.97 Å². The predicted octanol–water partition coefficient (Wildman–Crippen LogP) is 2.02. The van der Waals surface area contributed by atoms with E-state index in [4.69, 9.17) is 11.6 Å². The lowest BCUT2D eigenvalue weighted by atomic mass is 10.4. The van der Waals surface area contributed by atoms with Gasteiger partial charge in [0.1, 0.15) is 5.82 Å². The molecule has 0 spiro atoms. The fourth-order valence-corrected chi connectivity index (χ4v) is 2.44. The van der Waals surface area contributed by atoms with Crippen LogP contribution in [0.1, 0.15) is 16.4 Å². The molecule has 0 saturated heterocycles. The Balaban J connectivity index is 2.38. The van der Waals surface area contributed by atoms with Gasteiger partial charge in [-0.05, 0) is 13.8 Å². The molecule has 0 aromatic carbocycles. The Morgan fingerprint density at radius 3 is 2.81 bits per heavy atom. The molecule has 0 fully saturated rings. The van der Waals surface area contributed by atoms with E-state index in [9.17, 15) is 4.79 Å². The zero-order valence-electron chi connectivity index (χ0n) is 8.90. The Kier molecular flexibility index (Phi) is 3.07. The number of hydrogen-bond acceptors (Lipinski definition) is 4. The van der Waals surface area contributed by atoms with E-state index < -0.39 is 0 Å². The van der Waals surface area contributed by atoms with Crippen molar-refractivity contribution in [1.82, 2.24) is 14.5 Å². The highest BCUT2D eigenvalue weighted by molar-refractivity contribution is 7.15. The minimum atomic E-state index is -0.0467. The Morgan fingerprint density at radius 1 is 1.50 bits per heavy atom. The molecule has 16 heavy (non-hydrogen) atoms. The molecule has 2 aromatic rings. The van der Waals surface area contributed by atoms with Gasteiger partial charge < -0.3 is 0 Å². The lowest BCUT2D eigenvalue weighted by molar-refractivity contribution is 0.700. The molecule has 2 heterocycles. The second-order valence-electron chi connectivity index (χ2n) is 3.45. The molecule has 0 N–H and O–H groups in total. The summed E-state index contributed by atoms with van der Waals surface area (Å²) in [5.41, 5.74) is 0.690. The van der Waals surface area contributed by atoms with Crippen molar-refractivity contribution in [2.45, 2.75) is 20.4 Å². The maximum absolute atomic E-state index is 11.7. The monoisotopic (exact) mass is 255 g/mol. The molecule has 0 saturated carbocycles. The average Bonchev–Trinajstić information content (AvgIpc) is 2.58. The van der Waals surface area contributed by atoms with Crippen LogP contribution in [0.15, 0.2) is 17.1 Å². The van der Waals surface area contributed by atoms with E-state index in [-0.39, 0.29) is 5.56 Å². The van der Waals surface area contributed by atoms with E-state index in [1.165, 1.54) is 17.4 Å². The Morgan fingerprint density at radius 2 is 2.25 bits per heavy atom. The fourth-order valence-electron chi connectivity index (χ4n) is 1.47. The minimum Gasteiger partial charge on any atom is -0.292 e. The van der Waals surface area contributed by atoms with E-state index in [1.807, 2.05) is 13.8 Å². The van der Waals surface area contributed by atoms with Gasteiger partial charge in [0, 0.05) is 22.8 Å². The summed E-state index contributed by atoms with van der Waals surface area (Å²) in [6.45, 7) is 4.10. The molecular weight excluding hydrogens is 246 g/mol. The second kappa shape index (κ2) is 4.35. The molecule has 6 heteroatoms. The van der Waals surface area contributed by atoms with Crippen molar-refractivity contribution in [2.24, 2.45) is 0 Å². The summed E-state index contributed by atoms with van der Waals surface area (Å²) in [7, 11) is 0. The number of aromatic nitrogens is 3. The molecule has 4 nitrogen and oxygen atoms in total. The van der Waals surface area contributed by atoms with Gasteiger partial charge in [-0.25, -0.2) is 9.97 Å². The highest BCUT2D eigenvalue weighted by Crippen LogP contribution is 2.18. The van der Waals surface area contributed by atoms with Crippen molar-refractivity contribution in [2.75, 3.05) is 0 Å². The molecule has 0 amide bonds. The summed E-state index contributed by atoms with van der Waals surface area (Å²) < 4.78 is 2.09. The average molecular weight is 256 g/mol. The van der Waals surface area contributed by atoms with Crippen molar-refractivity contribution >= 4 is 22.9 Å². The lowest BCUT2D eigenvalue weighted by Crippen LogP contribution is -2.23. The van der Waals surface area contributed by atoms with Crippen molar-refractivity contribution in [3.63, 3.8) is 0 Å². The maximum atomic E-state index is 11.7. The van der Waals surface area contributed by atoms with Gasteiger partial charge in [-0.3, -0.25) is 9.36 Å². The third kappa shape index (κ3) is 2.31. The largest absolute Gasteiger partial charge is 0.292 e. The first-order chi connectivity index (χ1) is 7.56. The van der Waals surface area contributed by atoms with Crippen LogP contribution in [-0.4, -0.2) is 14.5 Å². The van der Waals surface area contributed by atoms with E-state index in [1.54, 1.807) is 10.8 Å². The zero-order valence-corrected chi connectivity index (χ0v) is 10.5. The molecule has 2 rings (SSSR count). The van der Waals surface area contributed by atoms with Gasteiger partial charge >= 0.3 is 0 Å². The first-order valence-corrected chi connectivity index (χ1v) is 5.91. The van der Waals surface area contributed by atoms with Crippen LogP contribution in [0.5, 0.6) is 0 Å². The Hall–Kier alpha value is -1.20. The molecule has 0 aliphatic heterocycles. The maximum Gasteiger partial charge on any atom is 0.254 e. The number of rotatable bonds is 2. The normalized spacial score (nSPS) is 10.7. The lowest BCUT2D eigenvalue weighted by Gasteiger charge is -2.07. The van der Waals surface area contributed by atoms with Crippen molar-refractivity contribution in [3.05, 3.63) is 43.5 Å². The smallest absolute Gasteiger partial charge is 0.254 e. The molecule has 0 aliphatic carbocycles. The molecule has 0 radical (unpaired) electrons. The number of hydrogen-bond donors (Lipinski definition) is 0. The highest BCUT2D eigenvalue weighted by atomic mass is 35.5. The van der Waals surface area contributed by atoms with Crippen LogP contribution < -0.4 is 5.56 Å². The quantitative estimate of drug-likeness (QED) is 0.825. The summed E-state index contributed by atoms with van der Waals surface area (Å²) in [6, 6.07) is 1.52. The van der Waals surface area contributed by atoms with Gasteiger partial charge in [0.15, 0.2) is 4.47 Å². The number of thiazole rings is 1. The Bertz CT molecular complexity index is 576. The van der Waals surface area contributed by atoms with Gasteiger partial charge in [-0.15, -0.1) is 11.3 Å². The highest BCUT2D eigenvalue weighted by Gasteiger charge is 2.06. The van der Waals surface area contributed by atoms with Crippen molar-refractivity contribution in [3.8, 4) is 0 Å². The molecule has 0 bridgehead atoms. The molecular formula is C10H10ClN3OS. The number of nitrogens with zero attached hydrogens (tertiary/aromatic N) is 3. The third-order valence-electron chi connectivity index (χ3n) is 2.17. The van der Waals surface area contributed by atoms with Crippen molar-refractivity contribution < 1.29 is 0 Å². The van der Waals surface area contributed by atoms with Crippen LogP contribution in [0.3, 0.4) is 0 Å². The zero-order chi connectivity index (χ0) is 11.7. The first-order valence-electron chi connectivity index (χ1n) is 4.71. The topological polar surface area (TPSA) is 47.8 Å². The summed E-state index contributed by atoms with van der Waals surface area (Å²) in [5, 5.41) is 0. The van der Waals surface area contributed by atoms with E-state index in [0.29, 0.717) is 16.8 Å². The number of halogens is 1. The second-order valence-corrected chi connectivity index (χ2v) is 5.15. The van der Waals surface area contributed by atoms with Gasteiger partial charge in [0.25, 0.3) is 5.56 Å². The van der Waals surface area contributed by atoms with Crippen LogP contribution in [0.4, 0.5) is 0 Å². The molecule has 0 unspecified atom stereocenters. The van der Waals surface area contributed by atoms with E-state index in [0.717, 1.165) is 10.6 Å². The molecule has 0 aliphatic rings. The molecule has 0 atom stereocenters. The standard InChI is InChI=1S/C10H10ClN3OS/c1-6-3-9(15)14(7(2)13-6)5-8-4-12-10(11)16-8/h3-4H,5H2,1-2H3. The molecule has 84 valence electrons. The van der Waals surface area contributed by atoms with Crippen LogP contribution in [0.25, 0.3) is 0 Å². The predicted molar refractivity (Wildman–Crippen MR) is 64.2 cm³/mol. The summed E-state index contributed by atoms with van der Waals surface area (Å²) in [4.78, 5) is 20.9. The first kappa shape index (κ1) is 11.3. The van der Waals surface area contributed by atoms with Gasteiger partial charge in [0.05, 0.1) is 6.54 Å². The van der Waals surface area contributed by atoms with Crippen LogP contribution in [-0.2, 0) is 6.54 Å². The van der Waals surface area contributed by atoms with E-state index >= 15 is 0 Å². The van der Waals surface area contributed by atoms with Crippen LogP contribution in [0, 0.1) is 13.8 Å². The summed E-state index contributed by atoms with van der Waals surface area (Å²) in [6.07, 6.45) is 1.68. The summed E-state index contributed by atoms with van der Waals surface area (Å²) >= 11 is 7.11. The molecule has 2 aromatic heterocycles. The van der Waals surface area contributed by atoms with Crippen molar-refractivity contribution in [1.29, 1.82) is 0 Å². The fraction of sp³-hybridized carbons (Fsp3) is 0.300. The van der Waals surface area contributed by atoms with Crippen LogP contribution in [0.2, 0.25) is 4.47 Å². The van der Waals surface area contributed by atoms with Gasteiger partial charge in [-0.2, -0.15) is 0 Å². The third-order valence-corrected chi connectivity index (χ3v) is 3.27. The number of aryl methyl sites for hydroxylation is 2. The SMILES string of the molecule is Cc1cc(=O)n(Cc2cnc(Cl)s2)c(C)n1. The van der Waals surface area contributed by atoms with Gasteiger partial charge in [-0.1, -0.05) is 11.6 Å². The van der Waals surface area contributed by atoms with Gasteiger partial charge in [0.2, 0.25) is 0 Å². The van der Waals surface area contributed by atoms with Crippen LogP contribution >= 0.6 is 22.9 Å². The summed E-state index contributed by atoms with van der Waals surface area (Å²) in [5.74, 6) is 0.703. The Labute approximate surface area is 102 Å².